The van der Waals surface area contributed by atoms with Gasteiger partial charge in [-0.05, 0) is 71.8 Å². The summed E-state index contributed by atoms with van der Waals surface area (Å²) in [4.78, 5) is 15.0. The summed E-state index contributed by atoms with van der Waals surface area (Å²) in [6.07, 6.45) is 0. The normalized spacial score (nSPS) is 11.8. The minimum atomic E-state index is 0.579. The van der Waals surface area contributed by atoms with Crippen LogP contribution in [-0.4, -0.2) is 24.1 Å². The number of para-hydroxylation sites is 3. The third-order valence-electron chi connectivity index (χ3n) is 12.3. The van der Waals surface area contributed by atoms with Crippen molar-refractivity contribution in [3.63, 3.8) is 0 Å². The molecular formula is C57H35N5O. The van der Waals surface area contributed by atoms with Gasteiger partial charge in [0, 0.05) is 49.3 Å². The number of benzene rings is 9. The van der Waals surface area contributed by atoms with Crippen LogP contribution in [0.15, 0.2) is 217 Å². The summed E-state index contributed by atoms with van der Waals surface area (Å²) in [5, 5.41) is 6.88. The molecule has 0 saturated carbocycles. The van der Waals surface area contributed by atoms with Crippen LogP contribution in [0.2, 0.25) is 0 Å². The molecule has 4 aromatic heterocycles. The number of nitrogens with zero attached hydrogens (tertiary/aromatic N) is 5. The van der Waals surface area contributed by atoms with Crippen LogP contribution < -0.4 is 0 Å². The predicted octanol–water partition coefficient (Wildman–Crippen LogP) is 14.6. The van der Waals surface area contributed by atoms with E-state index in [0.717, 1.165) is 77.7 Å². The van der Waals surface area contributed by atoms with Crippen LogP contribution in [0.3, 0.4) is 0 Å². The molecule has 0 amide bonds. The molecule has 0 fully saturated rings. The molecule has 0 aliphatic rings. The Morgan fingerprint density at radius 2 is 0.794 bits per heavy atom. The molecule has 13 rings (SSSR count). The second-order valence-electron chi connectivity index (χ2n) is 16.0. The van der Waals surface area contributed by atoms with E-state index in [4.69, 9.17) is 19.4 Å². The van der Waals surface area contributed by atoms with Gasteiger partial charge in [-0.1, -0.05) is 152 Å². The summed E-state index contributed by atoms with van der Waals surface area (Å²) < 4.78 is 11.8. The fourth-order valence-corrected chi connectivity index (χ4v) is 9.48. The Labute approximate surface area is 361 Å². The maximum absolute atomic E-state index is 6.97. The van der Waals surface area contributed by atoms with E-state index in [1.54, 1.807) is 0 Å². The van der Waals surface area contributed by atoms with E-state index in [-0.39, 0.29) is 0 Å². The van der Waals surface area contributed by atoms with E-state index >= 15 is 0 Å². The molecule has 0 aliphatic carbocycles. The van der Waals surface area contributed by atoms with Crippen LogP contribution in [0.5, 0.6) is 0 Å². The molecule has 13 aromatic rings. The molecule has 9 aromatic carbocycles. The lowest BCUT2D eigenvalue weighted by molar-refractivity contribution is 0.669. The van der Waals surface area contributed by atoms with Crippen molar-refractivity contribution in [1.29, 1.82) is 0 Å². The molecular weight excluding hydrogens is 771 g/mol. The van der Waals surface area contributed by atoms with Crippen molar-refractivity contribution >= 4 is 65.6 Å². The molecule has 0 radical (unpaired) electrons. The first-order valence-electron chi connectivity index (χ1n) is 21.2. The number of rotatable bonds is 6. The van der Waals surface area contributed by atoms with E-state index in [2.05, 4.69) is 161 Å². The van der Waals surface area contributed by atoms with Crippen molar-refractivity contribution in [1.82, 2.24) is 24.1 Å². The van der Waals surface area contributed by atoms with Crippen molar-refractivity contribution < 1.29 is 4.42 Å². The Morgan fingerprint density at radius 1 is 0.302 bits per heavy atom. The highest BCUT2D eigenvalue weighted by Gasteiger charge is 2.23. The van der Waals surface area contributed by atoms with Gasteiger partial charge in [0.15, 0.2) is 17.5 Å². The molecule has 0 spiro atoms. The SMILES string of the molecule is c1ccc(-c2cc(-n3c4ccccc4c4cc5c6ccccc6n(-c6ccccc6)c5cc43)c3c(c2)oc2cc(-c4nc(-c5ccccc5)nc(-c5ccccc5)n4)ccc23)cc1. The molecule has 6 nitrogen and oxygen atoms in total. The van der Waals surface area contributed by atoms with Crippen molar-refractivity contribution in [2.75, 3.05) is 0 Å². The maximum Gasteiger partial charge on any atom is 0.164 e. The summed E-state index contributed by atoms with van der Waals surface area (Å²) in [5.41, 5.74) is 13.2. The molecule has 63 heavy (non-hydrogen) atoms. The molecule has 0 bridgehead atoms. The lowest BCUT2D eigenvalue weighted by Gasteiger charge is -2.13. The molecule has 0 N–H and O–H groups in total. The summed E-state index contributed by atoms with van der Waals surface area (Å²) in [6, 6.07) is 74.5. The number of hydrogen-bond donors (Lipinski definition) is 0. The highest BCUT2D eigenvalue weighted by atomic mass is 16.3. The molecule has 0 unspecified atom stereocenters. The smallest absolute Gasteiger partial charge is 0.164 e. The number of fused-ring (bicyclic) bond motifs is 9. The monoisotopic (exact) mass is 805 g/mol. The van der Waals surface area contributed by atoms with Gasteiger partial charge in [-0.25, -0.2) is 15.0 Å². The minimum Gasteiger partial charge on any atom is -0.456 e. The standard InChI is InChI=1S/C57H35N5O/c1-5-17-36(18-6-1)40-31-51(62-48-28-16-14-26-43(48)46-34-45-42-25-13-15-27-47(42)61(49(45)35-50(46)62)41-23-11-4-12-24-41)54-44-30-29-39(32-52(44)63-53(54)33-40)57-59-55(37-19-7-2-8-20-37)58-56(60-57)38-21-9-3-10-22-38/h1-35H. The second kappa shape index (κ2) is 14.0. The molecule has 0 atom stereocenters. The summed E-state index contributed by atoms with van der Waals surface area (Å²) in [6.45, 7) is 0. The minimum absolute atomic E-state index is 0.579. The van der Waals surface area contributed by atoms with Crippen LogP contribution in [0.4, 0.5) is 0 Å². The maximum atomic E-state index is 6.97. The lowest BCUT2D eigenvalue weighted by Crippen LogP contribution is -2.00. The Bertz CT molecular complexity index is 3830. The fraction of sp³-hybridized carbons (Fsp3) is 0. The zero-order valence-electron chi connectivity index (χ0n) is 33.9. The van der Waals surface area contributed by atoms with Crippen LogP contribution in [-0.2, 0) is 0 Å². The van der Waals surface area contributed by atoms with Gasteiger partial charge in [-0.15, -0.1) is 0 Å². The van der Waals surface area contributed by atoms with E-state index in [9.17, 15) is 0 Å². The van der Waals surface area contributed by atoms with Gasteiger partial charge < -0.3 is 13.6 Å². The molecule has 294 valence electrons. The fourth-order valence-electron chi connectivity index (χ4n) is 9.48. The number of aromatic nitrogens is 5. The summed E-state index contributed by atoms with van der Waals surface area (Å²) in [7, 11) is 0. The van der Waals surface area contributed by atoms with Gasteiger partial charge in [0.2, 0.25) is 0 Å². The highest BCUT2D eigenvalue weighted by molar-refractivity contribution is 6.21. The van der Waals surface area contributed by atoms with E-state index < -0.39 is 0 Å². The first-order chi connectivity index (χ1) is 31.2. The van der Waals surface area contributed by atoms with E-state index in [0.29, 0.717) is 17.5 Å². The third kappa shape index (κ3) is 5.62. The van der Waals surface area contributed by atoms with Crippen LogP contribution in [0, 0.1) is 0 Å². The van der Waals surface area contributed by atoms with Gasteiger partial charge >= 0.3 is 0 Å². The van der Waals surface area contributed by atoms with E-state index in [1.807, 2.05) is 60.7 Å². The van der Waals surface area contributed by atoms with Crippen molar-refractivity contribution in [2.24, 2.45) is 0 Å². The average molecular weight is 806 g/mol. The first-order valence-corrected chi connectivity index (χ1v) is 21.2. The number of hydrogen-bond acceptors (Lipinski definition) is 4. The zero-order valence-corrected chi connectivity index (χ0v) is 33.9. The van der Waals surface area contributed by atoms with Crippen LogP contribution >= 0.6 is 0 Å². The molecule has 0 aliphatic heterocycles. The number of furan rings is 1. The van der Waals surface area contributed by atoms with Gasteiger partial charge in [0.05, 0.1) is 33.1 Å². The summed E-state index contributed by atoms with van der Waals surface area (Å²) >= 11 is 0. The Hall–Kier alpha value is -8.61. The van der Waals surface area contributed by atoms with Crippen molar-refractivity contribution in [3.05, 3.63) is 212 Å². The van der Waals surface area contributed by atoms with Crippen molar-refractivity contribution in [3.8, 4) is 56.7 Å². The average Bonchev–Trinajstić information content (AvgIpc) is 4.01. The van der Waals surface area contributed by atoms with Gasteiger partial charge in [-0.2, -0.15) is 0 Å². The predicted molar refractivity (Wildman–Crippen MR) is 258 cm³/mol. The Morgan fingerprint density at radius 3 is 1.41 bits per heavy atom. The van der Waals surface area contributed by atoms with Gasteiger partial charge in [0.1, 0.15) is 11.2 Å². The summed E-state index contributed by atoms with van der Waals surface area (Å²) in [5.74, 6) is 1.81. The van der Waals surface area contributed by atoms with E-state index in [1.165, 1.54) is 27.1 Å². The van der Waals surface area contributed by atoms with Crippen LogP contribution in [0.1, 0.15) is 0 Å². The second-order valence-corrected chi connectivity index (χ2v) is 16.0. The largest absolute Gasteiger partial charge is 0.456 e. The first kappa shape index (κ1) is 35.2. The highest BCUT2D eigenvalue weighted by Crippen LogP contribution is 2.44. The van der Waals surface area contributed by atoms with Crippen LogP contribution in [0.25, 0.3) is 122 Å². The topological polar surface area (TPSA) is 61.7 Å². The van der Waals surface area contributed by atoms with Crippen molar-refractivity contribution in [2.45, 2.75) is 0 Å². The Kier molecular flexibility index (Phi) is 7.80. The molecule has 0 saturated heterocycles. The quantitative estimate of drug-likeness (QED) is 0.168. The Balaban J connectivity index is 1.09. The molecule has 4 heterocycles. The van der Waals surface area contributed by atoms with Gasteiger partial charge in [0.25, 0.3) is 0 Å². The third-order valence-corrected chi connectivity index (χ3v) is 12.3. The molecule has 6 heteroatoms. The zero-order chi connectivity index (χ0) is 41.4. The lowest BCUT2D eigenvalue weighted by atomic mass is 10.0. The van der Waals surface area contributed by atoms with Gasteiger partial charge in [-0.3, -0.25) is 0 Å².